The molecule has 1 atom stereocenters. The number of rotatable bonds is 7. The molecule has 0 fully saturated rings. The molecule has 0 saturated heterocycles. The molecule has 9 nitrogen and oxygen atoms in total. The summed E-state index contributed by atoms with van der Waals surface area (Å²) in [5, 5.41) is 6.01. The predicted octanol–water partition coefficient (Wildman–Crippen LogP) is 3.52. The summed E-state index contributed by atoms with van der Waals surface area (Å²) in [7, 11) is 3.71. The smallest absolute Gasteiger partial charge is 0.251 e. The van der Waals surface area contributed by atoms with Gasteiger partial charge in [-0.05, 0) is 23.3 Å². The number of carbonyl (C=O) groups is 1. The van der Waals surface area contributed by atoms with Crippen molar-refractivity contribution in [1.82, 2.24) is 24.8 Å². The molecular formula is C25H25N7O2. The Morgan fingerprint density at radius 2 is 1.94 bits per heavy atom. The molecule has 2 aromatic carbocycles. The maximum atomic E-state index is 12.4. The summed E-state index contributed by atoms with van der Waals surface area (Å²) in [4.78, 5) is 26.1. The van der Waals surface area contributed by atoms with Crippen LogP contribution in [0.4, 0.5) is 5.82 Å². The SMILES string of the molecule is CNc1nc2oc(-c3cccc(CNC(=O)C[C@@H](N)c4ccccc4)c3)nc2c2c1ncn2C. The second kappa shape index (κ2) is 8.95. The minimum absolute atomic E-state index is 0.106. The van der Waals surface area contributed by atoms with Crippen LogP contribution in [0.2, 0.25) is 0 Å². The number of aromatic nitrogens is 4. The number of fused-ring (bicyclic) bond motifs is 3. The highest BCUT2D eigenvalue weighted by Crippen LogP contribution is 2.31. The molecule has 172 valence electrons. The van der Waals surface area contributed by atoms with Crippen molar-refractivity contribution < 1.29 is 9.21 Å². The summed E-state index contributed by atoms with van der Waals surface area (Å²) in [6, 6.07) is 17.0. The predicted molar refractivity (Wildman–Crippen MR) is 131 cm³/mol. The molecule has 0 aliphatic rings. The molecule has 0 radical (unpaired) electrons. The van der Waals surface area contributed by atoms with Crippen LogP contribution in [-0.4, -0.2) is 32.5 Å². The summed E-state index contributed by atoms with van der Waals surface area (Å²) < 4.78 is 7.91. The average Bonchev–Trinajstić information content (AvgIpc) is 3.46. The maximum absolute atomic E-state index is 12.4. The topological polar surface area (TPSA) is 124 Å². The van der Waals surface area contributed by atoms with E-state index in [1.165, 1.54) is 0 Å². The number of pyridine rings is 1. The Kier molecular flexibility index (Phi) is 5.69. The number of nitrogens with one attached hydrogen (secondary N) is 2. The van der Waals surface area contributed by atoms with Gasteiger partial charge in [0, 0.05) is 38.7 Å². The monoisotopic (exact) mass is 455 g/mol. The molecular weight excluding hydrogens is 430 g/mol. The highest BCUT2D eigenvalue weighted by Gasteiger charge is 2.18. The van der Waals surface area contributed by atoms with Crippen LogP contribution in [0.5, 0.6) is 0 Å². The van der Waals surface area contributed by atoms with Gasteiger partial charge in [-0.15, -0.1) is 0 Å². The van der Waals surface area contributed by atoms with Gasteiger partial charge in [0.25, 0.3) is 5.71 Å². The number of nitrogens with two attached hydrogens (primary N) is 1. The molecule has 5 rings (SSSR count). The number of hydrogen-bond acceptors (Lipinski definition) is 7. The lowest BCUT2D eigenvalue weighted by molar-refractivity contribution is -0.121. The van der Waals surface area contributed by atoms with Gasteiger partial charge in [-0.2, -0.15) is 4.98 Å². The van der Waals surface area contributed by atoms with Gasteiger partial charge in [-0.25, -0.2) is 9.97 Å². The molecule has 1 amide bonds. The van der Waals surface area contributed by atoms with Crippen LogP contribution >= 0.6 is 0 Å². The van der Waals surface area contributed by atoms with E-state index in [0.29, 0.717) is 29.5 Å². The third-order valence-corrected chi connectivity index (χ3v) is 5.74. The van der Waals surface area contributed by atoms with Crippen molar-refractivity contribution in [2.24, 2.45) is 12.8 Å². The lowest BCUT2D eigenvalue weighted by Crippen LogP contribution is -2.27. The Morgan fingerprint density at radius 3 is 2.74 bits per heavy atom. The first-order valence-corrected chi connectivity index (χ1v) is 11.0. The average molecular weight is 456 g/mol. The lowest BCUT2D eigenvalue weighted by Gasteiger charge is -2.12. The number of imidazole rings is 1. The first-order chi connectivity index (χ1) is 16.5. The molecule has 3 heterocycles. The fourth-order valence-corrected chi connectivity index (χ4v) is 3.98. The van der Waals surface area contributed by atoms with Crippen LogP contribution in [0, 0.1) is 0 Å². The first kappa shape index (κ1) is 21.6. The van der Waals surface area contributed by atoms with E-state index in [9.17, 15) is 4.79 Å². The molecule has 0 spiro atoms. The van der Waals surface area contributed by atoms with Crippen molar-refractivity contribution >= 4 is 34.0 Å². The molecule has 4 N–H and O–H groups in total. The van der Waals surface area contributed by atoms with Crippen molar-refractivity contribution in [1.29, 1.82) is 0 Å². The third kappa shape index (κ3) is 4.08. The van der Waals surface area contributed by atoms with Crippen LogP contribution in [-0.2, 0) is 18.4 Å². The van der Waals surface area contributed by atoms with E-state index in [1.54, 1.807) is 13.4 Å². The summed E-state index contributed by atoms with van der Waals surface area (Å²) in [6.45, 7) is 0.378. The highest BCUT2D eigenvalue weighted by molar-refractivity contribution is 6.03. The van der Waals surface area contributed by atoms with Crippen molar-refractivity contribution in [2.45, 2.75) is 19.0 Å². The number of hydrogen-bond donors (Lipinski definition) is 3. The maximum Gasteiger partial charge on any atom is 0.251 e. The second-order valence-corrected chi connectivity index (χ2v) is 8.13. The van der Waals surface area contributed by atoms with Gasteiger partial charge in [0.05, 0.1) is 6.33 Å². The lowest BCUT2D eigenvalue weighted by atomic mass is 10.0. The van der Waals surface area contributed by atoms with Crippen LogP contribution in [0.1, 0.15) is 23.6 Å². The molecule has 0 unspecified atom stereocenters. The first-order valence-electron chi connectivity index (χ1n) is 11.0. The van der Waals surface area contributed by atoms with Crippen LogP contribution in [0.3, 0.4) is 0 Å². The normalized spacial score (nSPS) is 12.2. The molecule has 0 saturated carbocycles. The summed E-state index contributed by atoms with van der Waals surface area (Å²) in [5.41, 5.74) is 11.5. The van der Waals surface area contributed by atoms with Gasteiger partial charge in [-0.3, -0.25) is 4.79 Å². The summed E-state index contributed by atoms with van der Waals surface area (Å²) in [5.74, 6) is 0.986. The summed E-state index contributed by atoms with van der Waals surface area (Å²) in [6.07, 6.45) is 1.95. The van der Waals surface area contributed by atoms with Gasteiger partial charge in [0.2, 0.25) is 11.8 Å². The van der Waals surface area contributed by atoms with Crippen molar-refractivity contribution in [2.75, 3.05) is 12.4 Å². The summed E-state index contributed by atoms with van der Waals surface area (Å²) >= 11 is 0. The molecule has 0 aliphatic carbocycles. The quantitative estimate of drug-likeness (QED) is 0.343. The zero-order valence-electron chi connectivity index (χ0n) is 18.9. The molecule has 5 aromatic rings. The largest absolute Gasteiger partial charge is 0.418 e. The zero-order chi connectivity index (χ0) is 23.7. The molecule has 0 bridgehead atoms. The van der Waals surface area contributed by atoms with Gasteiger partial charge in [-0.1, -0.05) is 42.5 Å². The molecule has 9 heteroatoms. The second-order valence-electron chi connectivity index (χ2n) is 8.13. The molecule has 34 heavy (non-hydrogen) atoms. The van der Waals surface area contributed by atoms with Crippen molar-refractivity contribution in [3.63, 3.8) is 0 Å². The number of benzene rings is 2. The molecule has 3 aromatic heterocycles. The van der Waals surface area contributed by atoms with E-state index in [1.807, 2.05) is 66.2 Å². The molecule has 0 aliphatic heterocycles. The van der Waals surface area contributed by atoms with Gasteiger partial charge < -0.3 is 25.4 Å². The van der Waals surface area contributed by atoms with Gasteiger partial charge in [0.15, 0.2) is 11.3 Å². The fraction of sp³-hybridized carbons (Fsp3) is 0.200. The van der Waals surface area contributed by atoms with E-state index < -0.39 is 0 Å². The third-order valence-electron chi connectivity index (χ3n) is 5.74. The minimum atomic E-state index is -0.342. The highest BCUT2D eigenvalue weighted by atomic mass is 16.4. The standard InChI is InChI=1S/C25H25N7O2/c1-27-23-20-22(32(2)14-29-20)21-25(31-23)34-24(30-21)17-10-6-7-15(11-17)13-28-19(33)12-18(26)16-8-4-3-5-9-16/h3-11,14,18H,12-13,26H2,1-2H3,(H,27,31)(H,28,33)/t18-/m1/s1. The Morgan fingerprint density at radius 1 is 1.12 bits per heavy atom. The van der Waals surface area contributed by atoms with E-state index in [-0.39, 0.29) is 18.4 Å². The number of nitrogens with zero attached hydrogens (tertiary/aromatic N) is 4. The number of amides is 1. The Bertz CT molecular complexity index is 1470. The van der Waals surface area contributed by atoms with Crippen LogP contribution < -0.4 is 16.4 Å². The van der Waals surface area contributed by atoms with E-state index in [2.05, 4.69) is 20.6 Å². The van der Waals surface area contributed by atoms with Gasteiger partial charge >= 0.3 is 0 Å². The van der Waals surface area contributed by atoms with E-state index in [0.717, 1.165) is 27.7 Å². The minimum Gasteiger partial charge on any atom is -0.418 e. The zero-order valence-corrected chi connectivity index (χ0v) is 18.9. The Labute approximate surface area is 196 Å². The fourth-order valence-electron chi connectivity index (χ4n) is 3.98. The van der Waals surface area contributed by atoms with E-state index in [4.69, 9.17) is 15.1 Å². The van der Waals surface area contributed by atoms with Crippen molar-refractivity contribution in [3.8, 4) is 11.5 Å². The number of aryl methyl sites for hydroxylation is 1. The number of anilines is 1. The Hall–Kier alpha value is -4.24. The number of carbonyl (C=O) groups excluding carboxylic acids is 1. The van der Waals surface area contributed by atoms with Crippen molar-refractivity contribution in [3.05, 3.63) is 72.1 Å². The van der Waals surface area contributed by atoms with Gasteiger partial charge in [0.1, 0.15) is 11.0 Å². The Balaban J connectivity index is 1.34. The van der Waals surface area contributed by atoms with Crippen LogP contribution in [0.25, 0.3) is 33.7 Å². The van der Waals surface area contributed by atoms with Crippen LogP contribution in [0.15, 0.2) is 65.3 Å². The number of oxazole rings is 1. The van der Waals surface area contributed by atoms with E-state index >= 15 is 0 Å².